The average molecular weight is 257 g/mol. The number of piperidine rings is 1. The van der Waals surface area contributed by atoms with Crippen LogP contribution in [0, 0.1) is 0 Å². The molecule has 1 amide bonds. The van der Waals surface area contributed by atoms with Crippen molar-refractivity contribution < 1.29 is 9.53 Å². The zero-order chi connectivity index (χ0) is 13.2. The van der Waals surface area contributed by atoms with Gasteiger partial charge in [0.2, 0.25) is 0 Å². The van der Waals surface area contributed by atoms with Crippen LogP contribution in [0.3, 0.4) is 0 Å². The van der Waals surface area contributed by atoms with Gasteiger partial charge in [-0.15, -0.1) is 0 Å². The van der Waals surface area contributed by atoms with Gasteiger partial charge in [-0.05, 0) is 49.9 Å². The predicted octanol–water partition coefficient (Wildman–Crippen LogP) is 3.02. The highest BCUT2D eigenvalue weighted by Gasteiger charge is 2.24. The van der Waals surface area contributed by atoms with E-state index in [0.29, 0.717) is 0 Å². The molecule has 100 valence electrons. The van der Waals surface area contributed by atoms with Crippen LogP contribution in [0.2, 0.25) is 0 Å². The summed E-state index contributed by atoms with van der Waals surface area (Å²) in [7, 11) is 1.63. The Kier molecular flexibility index (Phi) is 3.28. The van der Waals surface area contributed by atoms with Gasteiger partial charge in [0.05, 0.1) is 7.11 Å². The molecule has 1 aliphatic carbocycles. The van der Waals surface area contributed by atoms with Gasteiger partial charge in [0.25, 0.3) is 5.91 Å². The second kappa shape index (κ2) is 5.08. The van der Waals surface area contributed by atoms with Gasteiger partial charge in [-0.2, -0.15) is 0 Å². The van der Waals surface area contributed by atoms with E-state index in [2.05, 4.69) is 0 Å². The molecule has 19 heavy (non-hydrogen) atoms. The number of rotatable bonds is 2. The minimum Gasteiger partial charge on any atom is -0.497 e. The molecule has 0 aromatic heterocycles. The average Bonchev–Trinajstić information content (AvgIpc) is 3.31. The fraction of sp³-hybridized carbons (Fsp3) is 0.438. The SMILES string of the molecule is COc1ccc(C(=O)N2CCC(=C3CC3)CC2)cc1. The number of ether oxygens (including phenoxy) is 1. The molecular weight excluding hydrogens is 238 g/mol. The normalized spacial score (nSPS) is 18.5. The first-order chi connectivity index (χ1) is 9.28. The maximum absolute atomic E-state index is 12.4. The molecule has 0 N–H and O–H groups in total. The number of carbonyl (C=O) groups is 1. The molecule has 0 spiro atoms. The first kappa shape index (κ1) is 12.3. The van der Waals surface area contributed by atoms with Crippen LogP contribution < -0.4 is 4.74 Å². The van der Waals surface area contributed by atoms with Crippen LogP contribution in [0.5, 0.6) is 5.75 Å². The summed E-state index contributed by atoms with van der Waals surface area (Å²) < 4.78 is 5.11. The minimum absolute atomic E-state index is 0.141. The van der Waals surface area contributed by atoms with Crippen molar-refractivity contribution >= 4 is 5.91 Å². The number of benzene rings is 1. The molecule has 1 heterocycles. The first-order valence-corrected chi connectivity index (χ1v) is 6.91. The maximum atomic E-state index is 12.4. The Labute approximate surface area is 113 Å². The zero-order valence-corrected chi connectivity index (χ0v) is 11.3. The summed E-state index contributed by atoms with van der Waals surface area (Å²) in [4.78, 5) is 14.3. The minimum atomic E-state index is 0.141. The molecule has 1 aromatic carbocycles. The van der Waals surface area contributed by atoms with Crippen molar-refractivity contribution in [3.8, 4) is 5.75 Å². The van der Waals surface area contributed by atoms with E-state index in [1.807, 2.05) is 29.2 Å². The second-order valence-electron chi connectivity index (χ2n) is 5.23. The van der Waals surface area contributed by atoms with E-state index in [1.165, 1.54) is 12.8 Å². The fourth-order valence-electron chi connectivity index (χ4n) is 2.67. The zero-order valence-electron chi connectivity index (χ0n) is 11.3. The van der Waals surface area contributed by atoms with Gasteiger partial charge in [-0.3, -0.25) is 4.79 Å². The van der Waals surface area contributed by atoms with E-state index < -0.39 is 0 Å². The lowest BCUT2D eigenvalue weighted by atomic mass is 10.0. The lowest BCUT2D eigenvalue weighted by Gasteiger charge is -2.28. The van der Waals surface area contributed by atoms with E-state index in [9.17, 15) is 4.79 Å². The Bertz CT molecular complexity index is 500. The largest absolute Gasteiger partial charge is 0.497 e. The van der Waals surface area contributed by atoms with E-state index in [1.54, 1.807) is 18.3 Å². The smallest absolute Gasteiger partial charge is 0.253 e. The van der Waals surface area contributed by atoms with Crippen LogP contribution in [-0.2, 0) is 0 Å². The van der Waals surface area contributed by atoms with Crippen LogP contribution in [-0.4, -0.2) is 31.0 Å². The summed E-state index contributed by atoms with van der Waals surface area (Å²) >= 11 is 0. The predicted molar refractivity (Wildman–Crippen MR) is 74.4 cm³/mol. The quantitative estimate of drug-likeness (QED) is 0.762. The van der Waals surface area contributed by atoms with Gasteiger partial charge in [-0.1, -0.05) is 11.1 Å². The van der Waals surface area contributed by atoms with Crippen molar-refractivity contribution in [3.63, 3.8) is 0 Å². The monoisotopic (exact) mass is 257 g/mol. The van der Waals surface area contributed by atoms with Crippen molar-refractivity contribution in [2.75, 3.05) is 20.2 Å². The molecule has 0 atom stereocenters. The van der Waals surface area contributed by atoms with E-state index >= 15 is 0 Å². The third kappa shape index (κ3) is 2.65. The number of carbonyl (C=O) groups excluding carboxylic acids is 1. The molecule has 1 saturated carbocycles. The standard InChI is InChI=1S/C16H19NO2/c1-19-15-6-4-14(5-7-15)16(18)17-10-8-13(9-11-17)12-2-3-12/h4-7H,2-3,8-11H2,1H3. The Morgan fingerprint density at radius 2 is 1.58 bits per heavy atom. The van der Waals surface area contributed by atoms with Crippen LogP contribution in [0.15, 0.2) is 35.4 Å². The molecule has 3 heteroatoms. The van der Waals surface area contributed by atoms with E-state index in [4.69, 9.17) is 4.74 Å². The van der Waals surface area contributed by atoms with Gasteiger partial charge < -0.3 is 9.64 Å². The number of nitrogens with zero attached hydrogens (tertiary/aromatic N) is 1. The summed E-state index contributed by atoms with van der Waals surface area (Å²) in [5, 5.41) is 0. The Balaban J connectivity index is 1.65. The van der Waals surface area contributed by atoms with Gasteiger partial charge in [-0.25, -0.2) is 0 Å². The number of amides is 1. The van der Waals surface area contributed by atoms with Crippen LogP contribution >= 0.6 is 0 Å². The summed E-state index contributed by atoms with van der Waals surface area (Å²) in [6.07, 6.45) is 4.72. The van der Waals surface area contributed by atoms with Crippen LogP contribution in [0.25, 0.3) is 0 Å². The molecule has 1 aromatic rings. The second-order valence-corrected chi connectivity index (χ2v) is 5.23. The third-order valence-electron chi connectivity index (χ3n) is 3.99. The summed E-state index contributed by atoms with van der Waals surface area (Å²) in [5.41, 5.74) is 4.01. The molecule has 2 aliphatic rings. The van der Waals surface area contributed by atoms with E-state index in [-0.39, 0.29) is 5.91 Å². The Morgan fingerprint density at radius 3 is 2.11 bits per heavy atom. The van der Waals surface area contributed by atoms with E-state index in [0.717, 1.165) is 37.2 Å². The maximum Gasteiger partial charge on any atom is 0.253 e. The van der Waals surface area contributed by atoms with Crippen LogP contribution in [0.1, 0.15) is 36.0 Å². The molecular formula is C16H19NO2. The molecule has 1 aliphatic heterocycles. The lowest BCUT2D eigenvalue weighted by Crippen LogP contribution is -2.36. The Hall–Kier alpha value is -1.77. The lowest BCUT2D eigenvalue weighted by molar-refractivity contribution is 0.0743. The van der Waals surface area contributed by atoms with Gasteiger partial charge in [0.15, 0.2) is 0 Å². The number of methoxy groups -OCH3 is 1. The first-order valence-electron chi connectivity index (χ1n) is 6.91. The van der Waals surface area contributed by atoms with Crippen molar-refractivity contribution in [2.45, 2.75) is 25.7 Å². The highest BCUT2D eigenvalue weighted by Crippen LogP contribution is 2.36. The highest BCUT2D eigenvalue weighted by molar-refractivity contribution is 5.94. The van der Waals surface area contributed by atoms with Crippen molar-refractivity contribution in [2.24, 2.45) is 0 Å². The number of likely N-dealkylation sites (tertiary alicyclic amines) is 1. The molecule has 0 radical (unpaired) electrons. The van der Waals surface area contributed by atoms with Gasteiger partial charge in [0.1, 0.15) is 5.75 Å². The molecule has 0 bridgehead atoms. The summed E-state index contributed by atoms with van der Waals surface area (Å²) in [6.45, 7) is 1.73. The number of hydrogen-bond donors (Lipinski definition) is 0. The molecule has 3 nitrogen and oxygen atoms in total. The third-order valence-corrected chi connectivity index (χ3v) is 3.99. The highest BCUT2D eigenvalue weighted by atomic mass is 16.5. The number of allylic oxidation sites excluding steroid dienone is 1. The van der Waals surface area contributed by atoms with Crippen molar-refractivity contribution in [1.82, 2.24) is 4.90 Å². The molecule has 3 rings (SSSR count). The van der Waals surface area contributed by atoms with Gasteiger partial charge >= 0.3 is 0 Å². The molecule has 0 unspecified atom stereocenters. The summed E-state index contributed by atoms with van der Waals surface area (Å²) in [5.74, 6) is 0.929. The van der Waals surface area contributed by atoms with Crippen molar-refractivity contribution in [1.29, 1.82) is 0 Å². The summed E-state index contributed by atoms with van der Waals surface area (Å²) in [6, 6.07) is 7.37. The number of hydrogen-bond acceptors (Lipinski definition) is 2. The van der Waals surface area contributed by atoms with Crippen LogP contribution in [0.4, 0.5) is 0 Å². The fourth-order valence-corrected chi connectivity index (χ4v) is 2.67. The molecule has 2 fully saturated rings. The van der Waals surface area contributed by atoms with Gasteiger partial charge in [0, 0.05) is 18.7 Å². The molecule has 1 saturated heterocycles. The Morgan fingerprint density at radius 1 is 1.00 bits per heavy atom. The topological polar surface area (TPSA) is 29.5 Å². The van der Waals surface area contributed by atoms with Crippen molar-refractivity contribution in [3.05, 3.63) is 41.0 Å².